The lowest BCUT2D eigenvalue weighted by atomic mass is 10.1. The van der Waals surface area contributed by atoms with Gasteiger partial charge in [0.2, 0.25) is 0 Å². The molecule has 1 atom stereocenters. The fourth-order valence-electron chi connectivity index (χ4n) is 1.48. The summed E-state index contributed by atoms with van der Waals surface area (Å²) < 4.78 is 10.4. The lowest BCUT2D eigenvalue weighted by molar-refractivity contribution is 0.194. The lowest BCUT2D eigenvalue weighted by Crippen LogP contribution is -2.06. The van der Waals surface area contributed by atoms with Gasteiger partial charge in [0.25, 0.3) is 0 Å². The standard InChI is InChI=1S/C11H15ClO3/c1-7(13)4-8-5-9(12)6-10(14-2)11(8)15-3/h5-7,13H,4H2,1-3H3. The van der Waals surface area contributed by atoms with Gasteiger partial charge in [-0.15, -0.1) is 0 Å². The van der Waals surface area contributed by atoms with Crippen LogP contribution in [0.4, 0.5) is 0 Å². The normalized spacial score (nSPS) is 12.3. The first kappa shape index (κ1) is 12.1. The van der Waals surface area contributed by atoms with Crippen LogP contribution in [0, 0.1) is 0 Å². The number of benzene rings is 1. The maximum atomic E-state index is 9.34. The van der Waals surface area contributed by atoms with E-state index in [0.717, 1.165) is 5.56 Å². The van der Waals surface area contributed by atoms with E-state index in [0.29, 0.717) is 22.9 Å². The van der Waals surface area contributed by atoms with Crippen LogP contribution >= 0.6 is 11.6 Å². The molecule has 84 valence electrons. The van der Waals surface area contributed by atoms with Gasteiger partial charge in [0, 0.05) is 23.1 Å². The topological polar surface area (TPSA) is 38.7 Å². The molecule has 0 fully saturated rings. The van der Waals surface area contributed by atoms with Crippen LogP contribution in [0.15, 0.2) is 12.1 Å². The highest BCUT2D eigenvalue weighted by molar-refractivity contribution is 6.30. The first-order chi connectivity index (χ1) is 7.08. The Kier molecular flexibility index (Phi) is 4.24. The van der Waals surface area contributed by atoms with Crippen LogP contribution in [0.5, 0.6) is 11.5 Å². The van der Waals surface area contributed by atoms with E-state index in [2.05, 4.69) is 0 Å². The summed E-state index contributed by atoms with van der Waals surface area (Å²) in [6, 6.07) is 3.46. The highest BCUT2D eigenvalue weighted by Gasteiger charge is 2.13. The minimum atomic E-state index is -0.443. The van der Waals surface area contributed by atoms with Gasteiger partial charge in [0.15, 0.2) is 11.5 Å². The van der Waals surface area contributed by atoms with Crippen molar-refractivity contribution in [3.63, 3.8) is 0 Å². The van der Waals surface area contributed by atoms with Crippen molar-refractivity contribution in [2.45, 2.75) is 19.4 Å². The number of hydrogen-bond donors (Lipinski definition) is 1. The number of methoxy groups -OCH3 is 2. The highest BCUT2D eigenvalue weighted by atomic mass is 35.5. The maximum absolute atomic E-state index is 9.34. The zero-order chi connectivity index (χ0) is 11.4. The molecule has 0 saturated heterocycles. The largest absolute Gasteiger partial charge is 0.493 e. The predicted molar refractivity (Wildman–Crippen MR) is 59.9 cm³/mol. The second-order valence-electron chi connectivity index (χ2n) is 3.35. The highest BCUT2D eigenvalue weighted by Crippen LogP contribution is 2.35. The minimum Gasteiger partial charge on any atom is -0.493 e. The van der Waals surface area contributed by atoms with Gasteiger partial charge in [-0.3, -0.25) is 0 Å². The monoisotopic (exact) mass is 230 g/mol. The number of rotatable bonds is 4. The summed E-state index contributed by atoms with van der Waals surface area (Å²) >= 11 is 5.92. The molecule has 0 saturated carbocycles. The van der Waals surface area contributed by atoms with Crippen LogP contribution in [-0.4, -0.2) is 25.4 Å². The molecule has 0 amide bonds. The van der Waals surface area contributed by atoms with Crippen LogP contribution in [0.1, 0.15) is 12.5 Å². The smallest absolute Gasteiger partial charge is 0.164 e. The summed E-state index contributed by atoms with van der Waals surface area (Å²) in [7, 11) is 3.12. The van der Waals surface area contributed by atoms with Crippen molar-refractivity contribution in [1.29, 1.82) is 0 Å². The maximum Gasteiger partial charge on any atom is 0.164 e. The van der Waals surface area contributed by atoms with Crippen LogP contribution < -0.4 is 9.47 Å². The van der Waals surface area contributed by atoms with Gasteiger partial charge in [-0.2, -0.15) is 0 Å². The first-order valence-corrected chi connectivity index (χ1v) is 5.04. The molecule has 0 aromatic heterocycles. The molecule has 0 spiro atoms. The summed E-state index contributed by atoms with van der Waals surface area (Å²) in [5, 5.41) is 9.91. The van der Waals surface area contributed by atoms with Gasteiger partial charge in [-0.25, -0.2) is 0 Å². The molecule has 1 N–H and O–H groups in total. The Hall–Kier alpha value is -0.930. The minimum absolute atomic E-state index is 0.443. The third-order valence-corrected chi connectivity index (χ3v) is 2.25. The van der Waals surface area contributed by atoms with Crippen molar-refractivity contribution < 1.29 is 14.6 Å². The molecular formula is C11H15ClO3. The van der Waals surface area contributed by atoms with E-state index in [1.54, 1.807) is 33.3 Å². The molecule has 0 bridgehead atoms. The Balaban J connectivity index is 3.16. The van der Waals surface area contributed by atoms with Crippen molar-refractivity contribution in [3.05, 3.63) is 22.7 Å². The number of halogens is 1. The van der Waals surface area contributed by atoms with E-state index < -0.39 is 6.10 Å². The van der Waals surface area contributed by atoms with Gasteiger partial charge >= 0.3 is 0 Å². The van der Waals surface area contributed by atoms with Crippen molar-refractivity contribution in [3.8, 4) is 11.5 Å². The van der Waals surface area contributed by atoms with Gasteiger partial charge in [-0.1, -0.05) is 11.6 Å². The number of aliphatic hydroxyl groups is 1. The third kappa shape index (κ3) is 3.01. The number of ether oxygens (including phenoxy) is 2. The Bertz CT molecular complexity index is 337. The van der Waals surface area contributed by atoms with E-state index in [4.69, 9.17) is 21.1 Å². The summed E-state index contributed by atoms with van der Waals surface area (Å²) in [5.74, 6) is 1.21. The molecule has 1 aromatic carbocycles. The number of aliphatic hydroxyl groups excluding tert-OH is 1. The molecule has 15 heavy (non-hydrogen) atoms. The van der Waals surface area contributed by atoms with Gasteiger partial charge in [-0.05, 0) is 13.0 Å². The second kappa shape index (κ2) is 5.24. The Morgan fingerprint density at radius 3 is 2.47 bits per heavy atom. The average Bonchev–Trinajstić information content (AvgIpc) is 2.15. The van der Waals surface area contributed by atoms with Crippen LogP contribution in [0.25, 0.3) is 0 Å². The van der Waals surface area contributed by atoms with Crippen LogP contribution in [0.3, 0.4) is 0 Å². The zero-order valence-corrected chi connectivity index (χ0v) is 9.84. The fourth-order valence-corrected chi connectivity index (χ4v) is 1.71. The van der Waals surface area contributed by atoms with Crippen molar-refractivity contribution in [1.82, 2.24) is 0 Å². The van der Waals surface area contributed by atoms with Crippen LogP contribution in [-0.2, 0) is 6.42 Å². The Morgan fingerprint density at radius 2 is 2.00 bits per heavy atom. The van der Waals surface area contributed by atoms with E-state index in [1.807, 2.05) is 0 Å². The molecule has 3 nitrogen and oxygen atoms in total. The van der Waals surface area contributed by atoms with Crippen molar-refractivity contribution in [2.24, 2.45) is 0 Å². The Labute approximate surface area is 94.6 Å². The lowest BCUT2D eigenvalue weighted by Gasteiger charge is -2.14. The molecule has 0 aliphatic carbocycles. The second-order valence-corrected chi connectivity index (χ2v) is 3.79. The SMILES string of the molecule is COc1cc(Cl)cc(CC(C)O)c1OC. The third-order valence-electron chi connectivity index (χ3n) is 2.04. The van der Waals surface area contributed by atoms with Gasteiger partial charge in [0.05, 0.1) is 20.3 Å². The van der Waals surface area contributed by atoms with Gasteiger partial charge in [0.1, 0.15) is 0 Å². The summed E-state index contributed by atoms with van der Waals surface area (Å²) in [5.41, 5.74) is 0.844. The van der Waals surface area contributed by atoms with Gasteiger partial charge < -0.3 is 14.6 Å². The predicted octanol–water partition coefficient (Wildman–Crippen LogP) is 2.28. The molecule has 0 heterocycles. The van der Waals surface area contributed by atoms with E-state index >= 15 is 0 Å². The quantitative estimate of drug-likeness (QED) is 0.863. The molecule has 1 unspecified atom stereocenters. The van der Waals surface area contributed by atoms with Crippen molar-refractivity contribution >= 4 is 11.6 Å². The fraction of sp³-hybridized carbons (Fsp3) is 0.455. The molecular weight excluding hydrogens is 216 g/mol. The Morgan fingerprint density at radius 1 is 1.33 bits per heavy atom. The van der Waals surface area contributed by atoms with Crippen molar-refractivity contribution in [2.75, 3.05) is 14.2 Å². The summed E-state index contributed by atoms with van der Waals surface area (Å²) in [6.45, 7) is 1.72. The van der Waals surface area contributed by atoms with E-state index in [9.17, 15) is 5.11 Å². The van der Waals surface area contributed by atoms with E-state index in [-0.39, 0.29) is 0 Å². The average molecular weight is 231 g/mol. The molecule has 0 radical (unpaired) electrons. The first-order valence-electron chi connectivity index (χ1n) is 4.67. The van der Waals surface area contributed by atoms with E-state index in [1.165, 1.54) is 0 Å². The number of hydrogen-bond acceptors (Lipinski definition) is 3. The van der Waals surface area contributed by atoms with Crippen LogP contribution in [0.2, 0.25) is 5.02 Å². The molecule has 4 heteroatoms. The molecule has 1 aromatic rings. The molecule has 0 aliphatic rings. The molecule has 1 rings (SSSR count). The molecule has 0 aliphatic heterocycles. The summed E-state index contributed by atoms with van der Waals surface area (Å²) in [6.07, 6.45) is 0.0437. The summed E-state index contributed by atoms with van der Waals surface area (Å²) in [4.78, 5) is 0. The zero-order valence-electron chi connectivity index (χ0n) is 9.08.